The Morgan fingerprint density at radius 2 is 0.923 bits per heavy atom. The van der Waals surface area contributed by atoms with Crippen molar-refractivity contribution >= 4 is 35.5 Å². The third-order valence-electron chi connectivity index (χ3n) is 4.23. The summed E-state index contributed by atoms with van der Waals surface area (Å²) >= 11 is 3.10. The summed E-state index contributed by atoms with van der Waals surface area (Å²) in [6.07, 6.45) is 9.92. The predicted octanol–water partition coefficient (Wildman–Crippen LogP) is -1.43. The van der Waals surface area contributed by atoms with E-state index in [9.17, 15) is 19.8 Å². The van der Waals surface area contributed by atoms with Gasteiger partial charge in [0.15, 0.2) is 0 Å². The van der Waals surface area contributed by atoms with E-state index < -0.39 is 11.9 Å². The van der Waals surface area contributed by atoms with Crippen LogP contribution < -0.4 is 10.2 Å². The van der Waals surface area contributed by atoms with Crippen LogP contribution in [0.4, 0.5) is 0 Å². The summed E-state index contributed by atoms with van der Waals surface area (Å²) in [5.41, 5.74) is 2.45. The van der Waals surface area contributed by atoms with Gasteiger partial charge in [0.1, 0.15) is 10.1 Å². The molecule has 4 rings (SSSR count). The number of benzene rings is 2. The number of rotatable bonds is 8. The van der Waals surface area contributed by atoms with Gasteiger partial charge in [-0.15, -0.1) is 23.5 Å². The molecule has 0 spiro atoms. The van der Waals surface area contributed by atoms with E-state index in [1.807, 2.05) is 0 Å². The van der Waals surface area contributed by atoms with E-state index in [1.54, 1.807) is 109 Å². The van der Waals surface area contributed by atoms with Crippen molar-refractivity contribution in [2.24, 2.45) is 0 Å². The van der Waals surface area contributed by atoms with Gasteiger partial charge in [0.2, 0.25) is 0 Å². The molecule has 0 aliphatic carbocycles. The van der Waals surface area contributed by atoms with Gasteiger partial charge < -0.3 is 41.7 Å². The Morgan fingerprint density at radius 1 is 0.590 bits per heavy atom. The molecule has 0 amide bonds. The Labute approximate surface area is 242 Å². The number of hydrogen-bond acceptors (Lipinski definition) is 10. The third kappa shape index (κ3) is 14.4. The number of thioether (sulfide) groups is 2. The maximum absolute atomic E-state index is 10.6. The molecule has 15 heteroatoms. The molecule has 211 valence electrons. The topological polar surface area (TPSA) is 264 Å². The van der Waals surface area contributed by atoms with Crippen LogP contribution in [0.1, 0.15) is 31.8 Å². The summed E-state index contributed by atoms with van der Waals surface area (Å²) in [7, 11) is 0. The summed E-state index contributed by atoms with van der Waals surface area (Å²) in [4.78, 5) is 37.3. The molecule has 0 bridgehead atoms. The van der Waals surface area contributed by atoms with Crippen molar-refractivity contribution in [3.63, 3.8) is 0 Å². The van der Waals surface area contributed by atoms with Crippen LogP contribution in [0, 0.1) is 0 Å². The molecule has 39 heavy (non-hydrogen) atoms. The molecule has 2 heterocycles. The molecule has 12 N–H and O–H groups in total. The van der Waals surface area contributed by atoms with E-state index in [0.717, 1.165) is 32.7 Å². The van der Waals surface area contributed by atoms with Gasteiger partial charge in [-0.25, -0.2) is 9.97 Å². The molecule has 0 aliphatic heterocycles. The van der Waals surface area contributed by atoms with Crippen molar-refractivity contribution in [1.82, 2.24) is 19.9 Å². The number of hydrogen-bond donors (Lipinski definition) is 0. The fourth-order valence-electron chi connectivity index (χ4n) is 2.51. The van der Waals surface area contributed by atoms with Crippen LogP contribution in [0.15, 0.2) is 95.8 Å². The van der Waals surface area contributed by atoms with Crippen LogP contribution in [-0.2, 0) is 50.2 Å². The number of aromatic carboxylic acids is 2. The van der Waals surface area contributed by atoms with E-state index in [0.29, 0.717) is 0 Å². The van der Waals surface area contributed by atoms with E-state index >= 15 is 0 Å². The van der Waals surface area contributed by atoms with Crippen molar-refractivity contribution in [1.29, 1.82) is 0 Å². The smallest absolute Gasteiger partial charge is 0.545 e. The van der Waals surface area contributed by atoms with Crippen LogP contribution in [0.2, 0.25) is 0 Å². The fourth-order valence-corrected chi connectivity index (χ4v) is 4.06. The van der Waals surface area contributed by atoms with Crippen molar-refractivity contribution < 1.29 is 58.5 Å². The second-order valence-electron chi connectivity index (χ2n) is 6.63. The molecule has 0 fully saturated rings. The second-order valence-corrected chi connectivity index (χ2v) is 8.62. The zero-order chi connectivity index (χ0) is 24.2. The zero-order valence-corrected chi connectivity index (χ0v) is 23.1. The second kappa shape index (κ2) is 21.5. The minimum absolute atomic E-state index is 0. The molecular formula is C24H30CoN4O8S2+4. The van der Waals surface area contributed by atoms with Crippen LogP contribution in [0.5, 0.6) is 0 Å². The average Bonchev–Trinajstić information content (AvgIpc) is 2.88. The van der Waals surface area contributed by atoms with Gasteiger partial charge in [0, 0.05) is 36.3 Å². The number of carbonyl (C=O) groups excluding carboxylic acids is 2. The van der Waals surface area contributed by atoms with Gasteiger partial charge >= 0.3 is 16.8 Å². The van der Waals surface area contributed by atoms with Gasteiger partial charge in [-0.05, 0) is 22.3 Å². The number of carboxylic acids is 2. The third-order valence-corrected chi connectivity index (χ3v) is 6.20. The van der Waals surface area contributed by atoms with Gasteiger partial charge in [0.25, 0.3) is 0 Å². The summed E-state index contributed by atoms with van der Waals surface area (Å²) < 4.78 is 0. The molecule has 0 atom stereocenters. The minimum atomic E-state index is -1.15. The standard InChI is InChI=1S/2C12H10N2O2S.Co.4H2O/c2*15-12(16)10-3-1-9(2-4-10)8-17-11-7-13-5-6-14-11;;;;;/h2*1-7H,8H2,(H,15,16);;4*1H2/q;;+2;;;;/p+2. The number of carbonyl (C=O) groups is 2. The summed E-state index contributed by atoms with van der Waals surface area (Å²) in [6, 6.07) is 13.3. The van der Waals surface area contributed by atoms with Crippen LogP contribution in [0.3, 0.4) is 0 Å². The Kier molecular flexibility index (Phi) is 22.1. The minimum Gasteiger partial charge on any atom is -0.545 e. The maximum atomic E-state index is 10.6. The Hall–Kier alpha value is -3.41. The number of aromatic nitrogens is 4. The predicted molar refractivity (Wildman–Crippen MR) is 144 cm³/mol. The van der Waals surface area contributed by atoms with Gasteiger partial charge in [-0.1, -0.05) is 48.5 Å². The molecule has 4 aromatic rings. The summed E-state index contributed by atoms with van der Waals surface area (Å²) in [6.45, 7) is 0. The SMILES string of the molecule is O=C([O-])c1ccc(CSc2cnccn2)cc1.O=C([O-])c1ccc(CSc2cnccn2)cc1.[Co+2].[OH3+].[OH3+].[OH3+].[OH3+]. The quantitative estimate of drug-likeness (QED) is 0.163. The number of carboxylic acid groups (broad SMARTS) is 2. The monoisotopic (exact) mass is 625 g/mol. The average molecular weight is 626 g/mol. The zero-order valence-electron chi connectivity index (χ0n) is 20.4. The fraction of sp³-hybridized carbons (Fsp3) is 0.0833. The van der Waals surface area contributed by atoms with Crippen molar-refractivity contribution in [3.8, 4) is 0 Å². The van der Waals surface area contributed by atoms with E-state index in [2.05, 4.69) is 19.9 Å². The normalized spacial score (nSPS) is 8.82. The Bertz CT molecular complexity index is 1110. The van der Waals surface area contributed by atoms with Gasteiger partial charge in [0.05, 0.1) is 24.3 Å². The first-order chi connectivity index (χ1) is 16.5. The first-order valence-electron chi connectivity index (χ1n) is 9.89. The molecule has 0 unspecified atom stereocenters. The molecule has 2 aromatic heterocycles. The van der Waals surface area contributed by atoms with Crippen molar-refractivity contribution in [2.75, 3.05) is 0 Å². The van der Waals surface area contributed by atoms with Gasteiger partial charge in [-0.3, -0.25) is 9.97 Å². The molecule has 1 radical (unpaired) electrons. The van der Waals surface area contributed by atoms with Crippen molar-refractivity contribution in [3.05, 3.63) is 108 Å². The first kappa shape index (κ1) is 40.1. The molecule has 2 aromatic carbocycles. The summed E-state index contributed by atoms with van der Waals surface area (Å²) in [5, 5.41) is 22.8. The summed E-state index contributed by atoms with van der Waals surface area (Å²) in [5.74, 6) is -0.853. The first-order valence-corrected chi connectivity index (χ1v) is 11.9. The van der Waals surface area contributed by atoms with Crippen LogP contribution >= 0.6 is 23.5 Å². The van der Waals surface area contributed by atoms with Crippen LogP contribution in [-0.4, -0.2) is 31.9 Å². The van der Waals surface area contributed by atoms with E-state index in [1.165, 1.54) is 0 Å². The van der Waals surface area contributed by atoms with E-state index in [4.69, 9.17) is 0 Å². The van der Waals surface area contributed by atoms with Crippen molar-refractivity contribution in [2.45, 2.75) is 21.6 Å². The molecular weight excluding hydrogens is 595 g/mol. The molecule has 0 aliphatic rings. The van der Waals surface area contributed by atoms with Gasteiger partial charge in [-0.2, -0.15) is 0 Å². The Balaban J connectivity index is -0.000000589. The molecule has 12 nitrogen and oxygen atoms in total. The largest absolute Gasteiger partial charge is 2.00 e. The molecule has 0 saturated carbocycles. The van der Waals surface area contributed by atoms with Crippen LogP contribution in [0.25, 0.3) is 0 Å². The molecule has 0 saturated heterocycles. The number of nitrogens with zero attached hydrogens (tertiary/aromatic N) is 4. The Morgan fingerprint density at radius 3 is 1.18 bits per heavy atom. The maximum Gasteiger partial charge on any atom is 2.00 e. The van der Waals surface area contributed by atoms with E-state index in [-0.39, 0.29) is 49.8 Å².